The lowest BCUT2D eigenvalue weighted by Gasteiger charge is -2.54. The summed E-state index contributed by atoms with van der Waals surface area (Å²) in [5.41, 5.74) is 0.322. The molecule has 2 aliphatic carbocycles. The fourth-order valence-corrected chi connectivity index (χ4v) is 3.54. The number of nitrogens with one attached hydrogen (secondary N) is 1. The predicted molar refractivity (Wildman–Crippen MR) is 71.4 cm³/mol. The van der Waals surface area contributed by atoms with Gasteiger partial charge in [0.25, 0.3) is 0 Å². The molecule has 104 valence electrons. The standard InChI is InChI=1S/C14H26N2O2/c1-4-18-12-9-11(14(12)7-5-6-8-14)15-10-13(17)16(2)3/h11-12,15H,4-10H2,1-3H3. The Kier molecular flexibility index (Phi) is 4.28. The monoisotopic (exact) mass is 254 g/mol. The first kappa shape index (κ1) is 13.8. The van der Waals surface area contributed by atoms with E-state index in [4.69, 9.17) is 4.74 Å². The molecule has 1 spiro atoms. The van der Waals surface area contributed by atoms with Crippen molar-refractivity contribution in [3.8, 4) is 0 Å². The molecule has 0 aliphatic heterocycles. The fraction of sp³-hybridized carbons (Fsp3) is 0.929. The lowest BCUT2D eigenvalue weighted by Crippen LogP contribution is -2.63. The van der Waals surface area contributed by atoms with E-state index in [0.717, 1.165) is 13.0 Å². The zero-order chi connectivity index (χ0) is 13.2. The van der Waals surface area contributed by atoms with Gasteiger partial charge in [-0.25, -0.2) is 0 Å². The molecule has 0 radical (unpaired) electrons. The lowest BCUT2D eigenvalue weighted by molar-refractivity contribution is -0.138. The van der Waals surface area contributed by atoms with E-state index >= 15 is 0 Å². The molecule has 2 rings (SSSR count). The molecule has 2 unspecified atom stereocenters. The van der Waals surface area contributed by atoms with Crippen molar-refractivity contribution in [1.29, 1.82) is 0 Å². The van der Waals surface area contributed by atoms with Gasteiger partial charge >= 0.3 is 0 Å². The maximum Gasteiger partial charge on any atom is 0.236 e. The number of carbonyl (C=O) groups excluding carboxylic acids is 1. The SMILES string of the molecule is CCOC1CC(NCC(=O)N(C)C)C12CCCC2. The van der Waals surface area contributed by atoms with Crippen LogP contribution in [0.5, 0.6) is 0 Å². The zero-order valence-electron chi connectivity index (χ0n) is 11.9. The molecule has 0 aromatic rings. The molecule has 0 aromatic carbocycles. The Bertz CT molecular complexity index is 298. The van der Waals surface area contributed by atoms with Crippen molar-refractivity contribution in [2.75, 3.05) is 27.2 Å². The number of amides is 1. The van der Waals surface area contributed by atoms with E-state index in [0.29, 0.717) is 24.1 Å². The number of carbonyl (C=O) groups is 1. The zero-order valence-corrected chi connectivity index (χ0v) is 11.9. The Morgan fingerprint density at radius 3 is 2.61 bits per heavy atom. The minimum Gasteiger partial charge on any atom is -0.378 e. The van der Waals surface area contributed by atoms with Gasteiger partial charge < -0.3 is 15.0 Å². The summed E-state index contributed by atoms with van der Waals surface area (Å²) in [6, 6.07) is 0.473. The Hall–Kier alpha value is -0.610. The molecule has 0 saturated heterocycles. The molecule has 18 heavy (non-hydrogen) atoms. The van der Waals surface area contributed by atoms with E-state index in [1.165, 1.54) is 25.7 Å². The van der Waals surface area contributed by atoms with E-state index < -0.39 is 0 Å². The molecular weight excluding hydrogens is 228 g/mol. The third-order valence-corrected chi connectivity index (χ3v) is 4.69. The van der Waals surface area contributed by atoms with Gasteiger partial charge in [-0.05, 0) is 26.2 Å². The summed E-state index contributed by atoms with van der Waals surface area (Å²) < 4.78 is 5.86. The van der Waals surface area contributed by atoms with Gasteiger partial charge in [0.2, 0.25) is 5.91 Å². The van der Waals surface area contributed by atoms with Crippen LogP contribution in [-0.4, -0.2) is 50.2 Å². The minimum absolute atomic E-state index is 0.156. The molecule has 1 N–H and O–H groups in total. The highest BCUT2D eigenvalue weighted by Crippen LogP contribution is 2.54. The number of likely N-dealkylation sites (N-methyl/N-ethyl adjacent to an activating group) is 1. The number of rotatable bonds is 5. The van der Waals surface area contributed by atoms with Crippen LogP contribution in [0.1, 0.15) is 39.0 Å². The van der Waals surface area contributed by atoms with Gasteiger partial charge in [-0.1, -0.05) is 12.8 Å². The second kappa shape index (κ2) is 5.57. The van der Waals surface area contributed by atoms with Crippen molar-refractivity contribution >= 4 is 5.91 Å². The predicted octanol–water partition coefficient (Wildman–Crippen LogP) is 1.40. The number of hydrogen-bond donors (Lipinski definition) is 1. The van der Waals surface area contributed by atoms with Gasteiger partial charge in [0.1, 0.15) is 0 Å². The minimum atomic E-state index is 0.156. The van der Waals surface area contributed by atoms with Crippen molar-refractivity contribution in [3.63, 3.8) is 0 Å². The molecule has 2 atom stereocenters. The summed E-state index contributed by atoms with van der Waals surface area (Å²) in [7, 11) is 3.61. The van der Waals surface area contributed by atoms with Crippen molar-refractivity contribution in [1.82, 2.24) is 10.2 Å². The van der Waals surface area contributed by atoms with Gasteiger partial charge in [0.05, 0.1) is 12.6 Å². The van der Waals surface area contributed by atoms with Gasteiger partial charge in [0, 0.05) is 32.2 Å². The van der Waals surface area contributed by atoms with Gasteiger partial charge in [-0.3, -0.25) is 4.79 Å². The number of ether oxygens (including phenoxy) is 1. The molecule has 2 fully saturated rings. The summed E-state index contributed by atoms with van der Waals surface area (Å²) in [4.78, 5) is 13.3. The van der Waals surface area contributed by atoms with Gasteiger partial charge in [0.15, 0.2) is 0 Å². The van der Waals surface area contributed by atoms with Crippen LogP contribution in [0, 0.1) is 5.41 Å². The van der Waals surface area contributed by atoms with Gasteiger partial charge in [-0.15, -0.1) is 0 Å². The van der Waals surface area contributed by atoms with Crippen LogP contribution in [0.3, 0.4) is 0 Å². The highest BCUT2D eigenvalue weighted by molar-refractivity contribution is 5.77. The second-order valence-corrected chi connectivity index (χ2v) is 5.84. The summed E-state index contributed by atoms with van der Waals surface area (Å²) in [6.07, 6.45) is 6.61. The largest absolute Gasteiger partial charge is 0.378 e. The summed E-state index contributed by atoms with van der Waals surface area (Å²) >= 11 is 0. The van der Waals surface area contributed by atoms with Crippen LogP contribution in [-0.2, 0) is 9.53 Å². The van der Waals surface area contributed by atoms with Crippen LogP contribution in [0.15, 0.2) is 0 Å². The van der Waals surface area contributed by atoms with Crippen LogP contribution in [0.25, 0.3) is 0 Å². The van der Waals surface area contributed by atoms with E-state index in [2.05, 4.69) is 12.2 Å². The molecule has 1 amide bonds. The molecule has 0 aromatic heterocycles. The first-order valence-corrected chi connectivity index (χ1v) is 7.15. The van der Waals surface area contributed by atoms with Crippen LogP contribution < -0.4 is 5.32 Å². The Morgan fingerprint density at radius 1 is 1.39 bits per heavy atom. The van der Waals surface area contributed by atoms with Crippen molar-refractivity contribution in [2.24, 2.45) is 5.41 Å². The highest BCUT2D eigenvalue weighted by atomic mass is 16.5. The van der Waals surface area contributed by atoms with Crippen LogP contribution in [0.2, 0.25) is 0 Å². The topological polar surface area (TPSA) is 41.6 Å². The quantitative estimate of drug-likeness (QED) is 0.806. The fourth-order valence-electron chi connectivity index (χ4n) is 3.54. The molecule has 4 heteroatoms. The summed E-state index contributed by atoms with van der Waals surface area (Å²) in [5, 5.41) is 3.45. The average molecular weight is 254 g/mol. The first-order valence-electron chi connectivity index (χ1n) is 7.15. The average Bonchev–Trinajstić information content (AvgIpc) is 2.84. The Balaban J connectivity index is 1.88. The normalized spacial score (nSPS) is 29.3. The van der Waals surface area contributed by atoms with Crippen molar-refractivity contribution in [3.05, 3.63) is 0 Å². The smallest absolute Gasteiger partial charge is 0.236 e. The summed E-state index contributed by atoms with van der Waals surface area (Å²) in [5.74, 6) is 0.156. The molecule has 0 heterocycles. The maximum atomic E-state index is 11.6. The number of hydrogen-bond acceptors (Lipinski definition) is 3. The number of nitrogens with zero attached hydrogens (tertiary/aromatic N) is 1. The molecule has 2 saturated carbocycles. The van der Waals surface area contributed by atoms with E-state index in [1.54, 1.807) is 19.0 Å². The Morgan fingerprint density at radius 2 is 2.06 bits per heavy atom. The van der Waals surface area contributed by atoms with E-state index in [9.17, 15) is 4.79 Å². The van der Waals surface area contributed by atoms with Crippen molar-refractivity contribution < 1.29 is 9.53 Å². The van der Waals surface area contributed by atoms with Crippen LogP contribution >= 0.6 is 0 Å². The molecule has 0 bridgehead atoms. The maximum absolute atomic E-state index is 11.6. The van der Waals surface area contributed by atoms with Crippen LogP contribution in [0.4, 0.5) is 0 Å². The highest BCUT2D eigenvalue weighted by Gasteiger charge is 2.56. The first-order chi connectivity index (χ1) is 8.60. The third-order valence-electron chi connectivity index (χ3n) is 4.69. The van der Waals surface area contributed by atoms with E-state index in [1.807, 2.05) is 0 Å². The summed E-state index contributed by atoms with van der Waals surface area (Å²) in [6.45, 7) is 3.33. The van der Waals surface area contributed by atoms with Crippen molar-refractivity contribution in [2.45, 2.75) is 51.2 Å². The second-order valence-electron chi connectivity index (χ2n) is 5.84. The molecular formula is C14H26N2O2. The third kappa shape index (κ3) is 2.41. The van der Waals surface area contributed by atoms with Gasteiger partial charge in [-0.2, -0.15) is 0 Å². The molecule has 4 nitrogen and oxygen atoms in total. The Labute approximate surface area is 110 Å². The van der Waals surface area contributed by atoms with E-state index in [-0.39, 0.29) is 5.91 Å². The molecule has 2 aliphatic rings. The lowest BCUT2D eigenvalue weighted by atomic mass is 9.60.